The summed E-state index contributed by atoms with van der Waals surface area (Å²) >= 11 is 0. The first kappa shape index (κ1) is 36.6. The van der Waals surface area contributed by atoms with E-state index in [1.165, 1.54) is 27.0 Å². The number of benzene rings is 3. The maximum Gasteiger partial charge on any atom is 0.347 e. The second kappa shape index (κ2) is 15.6. The van der Waals surface area contributed by atoms with Crippen LogP contribution in [0.1, 0.15) is 53.3 Å². The van der Waals surface area contributed by atoms with Gasteiger partial charge in [-0.1, -0.05) is 6.07 Å². The number of hydrogen-bond acceptors (Lipinski definition) is 13. The molecule has 16 nitrogen and oxygen atoms in total. The van der Waals surface area contributed by atoms with Crippen molar-refractivity contribution in [1.82, 2.24) is 0 Å². The third-order valence-electron chi connectivity index (χ3n) is 6.70. The van der Waals surface area contributed by atoms with Gasteiger partial charge in [0, 0.05) is 23.8 Å². The Balaban J connectivity index is 0.000000362. The molecule has 0 amide bonds. The van der Waals surface area contributed by atoms with Gasteiger partial charge in [0.1, 0.15) is 29.2 Å². The molecule has 0 aromatic heterocycles. The number of phenolic OH excluding ortho intramolecular Hbond substituents is 1. The molecule has 256 valence electrons. The molecule has 3 aromatic rings. The average molecular weight is 681 g/mol. The average Bonchev–Trinajstić information content (AvgIpc) is 3.19. The van der Waals surface area contributed by atoms with E-state index in [0.29, 0.717) is 23.7 Å². The van der Waals surface area contributed by atoms with E-state index in [1.807, 2.05) is 0 Å². The van der Waals surface area contributed by atoms with Gasteiger partial charge in [-0.2, -0.15) is 0 Å². The predicted octanol–water partition coefficient (Wildman–Crippen LogP) is 4.04. The molecular weight excluding hydrogens is 652 g/mol. The van der Waals surface area contributed by atoms with Gasteiger partial charge in [-0.25, -0.2) is 24.0 Å². The first-order valence-electron chi connectivity index (χ1n) is 13.7. The molecule has 0 aliphatic carbocycles. The molecular formula is C33H28O16. The molecule has 1 heterocycles. The molecule has 5 N–H and O–H groups in total. The van der Waals surface area contributed by atoms with Crippen molar-refractivity contribution in [2.45, 2.75) is 20.5 Å². The zero-order valence-electron chi connectivity index (χ0n) is 26.1. The fraction of sp³-hybridized carbons (Fsp3) is 0.152. The highest BCUT2D eigenvalue weighted by atomic mass is 16.6. The van der Waals surface area contributed by atoms with Crippen LogP contribution < -0.4 is 18.9 Å². The van der Waals surface area contributed by atoms with E-state index in [9.17, 15) is 44.1 Å². The summed E-state index contributed by atoms with van der Waals surface area (Å²) in [6.45, 7) is 1.83. The zero-order chi connectivity index (χ0) is 36.6. The number of esters is 2. The second-order valence-electron chi connectivity index (χ2n) is 9.80. The lowest BCUT2D eigenvalue weighted by molar-refractivity contribution is -0.140. The Morgan fingerprint density at radius 3 is 2.06 bits per heavy atom. The van der Waals surface area contributed by atoms with E-state index in [-0.39, 0.29) is 28.7 Å². The summed E-state index contributed by atoms with van der Waals surface area (Å²) < 4.78 is 26.0. The topological polar surface area (TPSA) is 250 Å². The van der Waals surface area contributed by atoms with Crippen LogP contribution >= 0.6 is 0 Å². The minimum atomic E-state index is -1.60. The van der Waals surface area contributed by atoms with Crippen molar-refractivity contribution < 1.29 is 78.0 Å². The third-order valence-corrected chi connectivity index (χ3v) is 6.70. The first-order chi connectivity index (χ1) is 23.1. The van der Waals surface area contributed by atoms with Crippen molar-refractivity contribution in [2.24, 2.45) is 0 Å². The fourth-order valence-electron chi connectivity index (χ4n) is 4.44. The zero-order valence-corrected chi connectivity index (χ0v) is 26.1. The summed E-state index contributed by atoms with van der Waals surface area (Å²) in [5, 5.41) is 47.4. The van der Waals surface area contributed by atoms with Crippen LogP contribution in [-0.4, -0.2) is 75.9 Å². The molecule has 4 rings (SSSR count). The van der Waals surface area contributed by atoms with Gasteiger partial charge in [0.05, 0.1) is 25.3 Å². The number of aldehydes is 1. The van der Waals surface area contributed by atoms with Gasteiger partial charge in [0.25, 0.3) is 0 Å². The molecule has 0 fully saturated rings. The number of rotatable bonds is 10. The number of hydrogen-bond donors (Lipinski definition) is 5. The number of phenols is 2. The van der Waals surface area contributed by atoms with Gasteiger partial charge >= 0.3 is 29.8 Å². The monoisotopic (exact) mass is 680 g/mol. The Labute approximate surface area is 276 Å². The van der Waals surface area contributed by atoms with Crippen LogP contribution in [0.2, 0.25) is 0 Å². The van der Waals surface area contributed by atoms with Gasteiger partial charge in [0.15, 0.2) is 35.0 Å². The van der Waals surface area contributed by atoms with Gasteiger partial charge in [-0.3, -0.25) is 4.79 Å². The largest absolute Gasteiger partial charge is 0.507 e. The molecule has 0 radical (unpaired) electrons. The van der Waals surface area contributed by atoms with Crippen molar-refractivity contribution in [3.05, 3.63) is 81.4 Å². The molecule has 16 heteroatoms. The number of carbonyl (C=O) groups excluding carboxylic acids is 3. The number of fused-ring (bicyclic) bond motifs is 2. The Morgan fingerprint density at radius 1 is 0.837 bits per heavy atom. The maximum absolute atomic E-state index is 12.9. The minimum absolute atomic E-state index is 0.169. The summed E-state index contributed by atoms with van der Waals surface area (Å²) in [6, 6.07) is 6.31. The number of ether oxygens (including phenoxy) is 5. The third kappa shape index (κ3) is 8.31. The Kier molecular flexibility index (Phi) is 11.7. The molecule has 0 saturated carbocycles. The van der Waals surface area contributed by atoms with E-state index in [0.717, 1.165) is 17.7 Å². The number of carboxylic acid groups (broad SMARTS) is 3. The smallest absolute Gasteiger partial charge is 0.347 e. The Morgan fingerprint density at radius 2 is 1.49 bits per heavy atom. The first-order valence-corrected chi connectivity index (χ1v) is 13.7. The SMILES string of the molecule is COc1ccc(C=CC(=O)O)cc1OC.Cc1cc(O)c(C=O)c2c1C(=O)Oc1c(COC(=O)C=CC(=O)O)c(O)c(C(=O)O)c(C)c1O2. The Hall–Kier alpha value is -6.84. The Bertz CT molecular complexity index is 1920. The van der Waals surface area contributed by atoms with E-state index in [4.69, 9.17) is 33.9 Å². The van der Waals surface area contributed by atoms with Gasteiger partial charge in [-0.15, -0.1) is 0 Å². The molecule has 0 atom stereocenters. The number of aryl methyl sites for hydroxylation is 1. The number of carbonyl (C=O) groups is 6. The lowest BCUT2D eigenvalue weighted by Gasteiger charge is -2.18. The normalized spacial score (nSPS) is 11.6. The number of methoxy groups -OCH3 is 2. The van der Waals surface area contributed by atoms with Gasteiger partial charge in [0.2, 0.25) is 0 Å². The van der Waals surface area contributed by atoms with Gasteiger partial charge < -0.3 is 49.2 Å². The van der Waals surface area contributed by atoms with Crippen LogP contribution in [0.4, 0.5) is 0 Å². The summed E-state index contributed by atoms with van der Waals surface area (Å²) in [6.07, 6.45) is 3.87. The van der Waals surface area contributed by atoms with Crippen molar-refractivity contribution in [3.63, 3.8) is 0 Å². The molecule has 3 aromatic carbocycles. The standard InChI is InChI=1S/C22H16O12.C11H12O4/c1-8-5-12(24)10(6-23)19-15(8)22(31)34-20-11(7-32-14(27)4-3-13(25)26)17(28)16(21(29)30)9(2)18(20)33-19;1-14-9-5-3-8(4-6-11(12)13)7-10(9)15-2/h3-6,24,28H,7H2,1-2H3,(H,25,26)(H,29,30);3-7H,1-2H3,(H,12,13). The van der Waals surface area contributed by atoms with Crippen LogP contribution in [-0.2, 0) is 25.7 Å². The van der Waals surface area contributed by atoms with Crippen molar-refractivity contribution in [3.8, 4) is 40.2 Å². The van der Waals surface area contributed by atoms with E-state index in [2.05, 4.69) is 0 Å². The highest BCUT2D eigenvalue weighted by Gasteiger charge is 2.35. The molecule has 1 aliphatic rings. The molecule has 0 spiro atoms. The number of aliphatic carboxylic acids is 2. The van der Waals surface area contributed by atoms with Crippen LogP contribution in [0.25, 0.3) is 6.08 Å². The molecule has 1 aliphatic heterocycles. The molecule has 49 heavy (non-hydrogen) atoms. The summed E-state index contributed by atoms with van der Waals surface area (Å²) in [7, 11) is 3.08. The van der Waals surface area contributed by atoms with Crippen LogP contribution in [0.3, 0.4) is 0 Å². The summed E-state index contributed by atoms with van der Waals surface area (Å²) in [5.74, 6) is -7.70. The van der Waals surface area contributed by atoms with Gasteiger partial charge in [-0.05, 0) is 49.2 Å². The number of aromatic hydroxyl groups is 2. The molecule has 0 saturated heterocycles. The summed E-state index contributed by atoms with van der Waals surface area (Å²) in [4.78, 5) is 68.9. The van der Waals surface area contributed by atoms with Crippen molar-refractivity contribution >= 4 is 42.2 Å². The summed E-state index contributed by atoms with van der Waals surface area (Å²) in [5.41, 5.74) is -1.06. The fourth-order valence-corrected chi connectivity index (χ4v) is 4.44. The minimum Gasteiger partial charge on any atom is -0.507 e. The van der Waals surface area contributed by atoms with Crippen LogP contribution in [0.5, 0.6) is 40.2 Å². The maximum atomic E-state index is 12.9. The lowest BCUT2D eigenvalue weighted by Crippen LogP contribution is -2.13. The highest BCUT2D eigenvalue weighted by Crippen LogP contribution is 2.50. The van der Waals surface area contributed by atoms with Crippen molar-refractivity contribution in [1.29, 1.82) is 0 Å². The van der Waals surface area contributed by atoms with E-state index in [1.54, 1.807) is 25.3 Å². The van der Waals surface area contributed by atoms with Crippen molar-refractivity contribution in [2.75, 3.05) is 14.2 Å². The second-order valence-corrected chi connectivity index (χ2v) is 9.80. The van der Waals surface area contributed by atoms with E-state index < -0.39 is 76.1 Å². The lowest BCUT2D eigenvalue weighted by atomic mass is 10.0. The predicted molar refractivity (Wildman–Crippen MR) is 166 cm³/mol. The number of carboxylic acids is 3. The molecule has 0 bridgehead atoms. The molecule has 0 unspecified atom stereocenters. The van der Waals surface area contributed by atoms with Crippen LogP contribution in [0, 0.1) is 13.8 Å². The van der Waals surface area contributed by atoms with E-state index >= 15 is 0 Å². The highest BCUT2D eigenvalue weighted by molar-refractivity contribution is 6.03. The number of aromatic carboxylic acids is 1. The van der Waals surface area contributed by atoms with Crippen LogP contribution in [0.15, 0.2) is 42.5 Å². The quantitative estimate of drug-likeness (QED) is 0.0877.